The Kier molecular flexibility index (Phi) is 7.45. The van der Waals surface area contributed by atoms with Gasteiger partial charge in [0.05, 0.1) is 23.4 Å². The molecular formula is C26H31N5O4S. The molecule has 0 bridgehead atoms. The van der Waals surface area contributed by atoms with Gasteiger partial charge in [-0.2, -0.15) is 0 Å². The molecule has 2 fully saturated rings. The number of morpholine rings is 1. The topological polar surface area (TPSA) is 99.1 Å². The average Bonchev–Trinajstić information content (AvgIpc) is 3.30. The molecule has 0 radical (unpaired) electrons. The standard InChI is InChI=1S/C26H31N5O4S/c1-18(32)5-6-23(34)30-9-7-29(8-10-30)17-21-16-22-24(36-21)26(31-11-13-35-14-12-31)28-25(27-22)19-3-2-4-20(33)15-19/h2-4,15-16,33H,5-14,17H2,1H3. The highest BCUT2D eigenvalue weighted by atomic mass is 32.1. The predicted octanol–water partition coefficient (Wildman–Crippen LogP) is 2.91. The number of carbonyl (C=O) groups is 2. The smallest absolute Gasteiger partial charge is 0.223 e. The van der Waals surface area contributed by atoms with Gasteiger partial charge in [-0.05, 0) is 25.1 Å². The van der Waals surface area contributed by atoms with Crippen molar-refractivity contribution in [3.8, 4) is 17.1 Å². The summed E-state index contributed by atoms with van der Waals surface area (Å²) in [6.45, 7) is 8.17. The highest BCUT2D eigenvalue weighted by Crippen LogP contribution is 2.35. The van der Waals surface area contributed by atoms with Gasteiger partial charge >= 0.3 is 0 Å². The van der Waals surface area contributed by atoms with Gasteiger partial charge in [-0.3, -0.25) is 9.69 Å². The van der Waals surface area contributed by atoms with Crippen LogP contribution in [0, 0.1) is 0 Å². The van der Waals surface area contributed by atoms with Crippen LogP contribution in [0.3, 0.4) is 0 Å². The lowest BCUT2D eigenvalue weighted by Gasteiger charge is -2.34. The van der Waals surface area contributed by atoms with E-state index in [4.69, 9.17) is 14.7 Å². The van der Waals surface area contributed by atoms with Gasteiger partial charge in [-0.15, -0.1) is 11.3 Å². The number of carbonyl (C=O) groups excluding carboxylic acids is 2. The first-order valence-electron chi connectivity index (χ1n) is 12.4. The van der Waals surface area contributed by atoms with Crippen molar-refractivity contribution in [1.82, 2.24) is 19.8 Å². The van der Waals surface area contributed by atoms with Gasteiger partial charge in [0.1, 0.15) is 11.5 Å². The SMILES string of the molecule is CC(=O)CCC(=O)N1CCN(Cc2cc3nc(-c4cccc(O)c4)nc(N4CCOCC4)c3s2)CC1. The van der Waals surface area contributed by atoms with E-state index in [9.17, 15) is 14.7 Å². The largest absolute Gasteiger partial charge is 0.508 e. The Balaban J connectivity index is 1.35. The zero-order chi connectivity index (χ0) is 25.1. The van der Waals surface area contributed by atoms with Gasteiger partial charge in [0.25, 0.3) is 0 Å². The van der Waals surface area contributed by atoms with Crippen LogP contribution in [0.2, 0.25) is 0 Å². The number of ketones is 1. The summed E-state index contributed by atoms with van der Waals surface area (Å²) in [6.07, 6.45) is 0.619. The summed E-state index contributed by atoms with van der Waals surface area (Å²) in [5, 5.41) is 9.97. The summed E-state index contributed by atoms with van der Waals surface area (Å²) in [7, 11) is 0. The van der Waals surface area contributed by atoms with Crippen LogP contribution in [0.25, 0.3) is 21.6 Å². The Hall–Kier alpha value is -3.08. The lowest BCUT2D eigenvalue weighted by atomic mass is 10.2. The number of aromatic nitrogens is 2. The first-order valence-corrected chi connectivity index (χ1v) is 13.2. The molecule has 0 unspecified atom stereocenters. The van der Waals surface area contributed by atoms with Crippen molar-refractivity contribution in [1.29, 1.82) is 0 Å². The molecule has 190 valence electrons. The summed E-state index contributed by atoms with van der Waals surface area (Å²) < 4.78 is 6.62. The lowest BCUT2D eigenvalue weighted by molar-refractivity contribution is -0.134. The monoisotopic (exact) mass is 509 g/mol. The fourth-order valence-corrected chi connectivity index (χ4v) is 5.78. The molecular weight excluding hydrogens is 478 g/mol. The second-order valence-corrected chi connectivity index (χ2v) is 10.4. The second-order valence-electron chi connectivity index (χ2n) is 9.31. The van der Waals surface area contributed by atoms with Crippen LogP contribution in [0.15, 0.2) is 30.3 Å². The summed E-state index contributed by atoms with van der Waals surface area (Å²) in [6, 6.07) is 9.19. The number of hydrogen-bond acceptors (Lipinski definition) is 9. The number of amides is 1. The highest BCUT2D eigenvalue weighted by molar-refractivity contribution is 7.19. The quantitative estimate of drug-likeness (QED) is 0.519. The van der Waals surface area contributed by atoms with Crippen molar-refractivity contribution in [2.45, 2.75) is 26.3 Å². The van der Waals surface area contributed by atoms with Crippen molar-refractivity contribution in [3.05, 3.63) is 35.2 Å². The van der Waals surface area contributed by atoms with Crippen LogP contribution in [0.5, 0.6) is 5.75 Å². The third kappa shape index (κ3) is 5.66. The van der Waals surface area contributed by atoms with Crippen LogP contribution < -0.4 is 4.90 Å². The van der Waals surface area contributed by atoms with Gasteiger partial charge in [-0.1, -0.05) is 12.1 Å². The molecule has 2 aliphatic heterocycles. The molecule has 4 heterocycles. The normalized spacial score (nSPS) is 17.0. The number of nitrogens with zero attached hydrogens (tertiary/aromatic N) is 5. The molecule has 10 heteroatoms. The minimum absolute atomic E-state index is 0.0542. The number of hydrogen-bond donors (Lipinski definition) is 1. The van der Waals surface area contributed by atoms with E-state index in [0.29, 0.717) is 45.0 Å². The number of phenolic OH excluding ortho intramolecular Hbond substituents is 1. The molecule has 5 rings (SSSR count). The van der Waals surface area contributed by atoms with Crippen LogP contribution in [-0.4, -0.2) is 89.0 Å². The summed E-state index contributed by atoms with van der Waals surface area (Å²) >= 11 is 1.72. The van der Waals surface area contributed by atoms with E-state index in [1.807, 2.05) is 11.0 Å². The van der Waals surface area contributed by atoms with Crippen molar-refractivity contribution in [2.24, 2.45) is 0 Å². The van der Waals surface area contributed by atoms with E-state index < -0.39 is 0 Å². The maximum absolute atomic E-state index is 12.4. The fourth-order valence-electron chi connectivity index (χ4n) is 4.62. The van der Waals surface area contributed by atoms with E-state index in [2.05, 4.69) is 15.9 Å². The Bertz CT molecular complexity index is 1250. The van der Waals surface area contributed by atoms with E-state index in [1.165, 1.54) is 11.8 Å². The highest BCUT2D eigenvalue weighted by Gasteiger charge is 2.24. The van der Waals surface area contributed by atoms with Crippen LogP contribution in [0.4, 0.5) is 5.82 Å². The summed E-state index contributed by atoms with van der Waals surface area (Å²) in [4.78, 5) is 41.0. The minimum Gasteiger partial charge on any atom is -0.508 e. The number of ether oxygens (including phenoxy) is 1. The molecule has 0 aliphatic carbocycles. The third-order valence-electron chi connectivity index (χ3n) is 6.62. The molecule has 1 amide bonds. The zero-order valence-corrected chi connectivity index (χ0v) is 21.3. The number of fused-ring (bicyclic) bond motifs is 1. The predicted molar refractivity (Wildman–Crippen MR) is 139 cm³/mol. The Morgan fingerprint density at radius 3 is 2.53 bits per heavy atom. The molecule has 0 atom stereocenters. The number of phenols is 1. The average molecular weight is 510 g/mol. The van der Waals surface area contributed by atoms with Gasteiger partial charge in [-0.25, -0.2) is 9.97 Å². The minimum atomic E-state index is 0.0542. The van der Waals surface area contributed by atoms with Crippen LogP contribution in [0.1, 0.15) is 24.6 Å². The van der Waals surface area contributed by atoms with Gasteiger partial charge in [0, 0.05) is 69.1 Å². The van der Waals surface area contributed by atoms with Gasteiger partial charge in [0.15, 0.2) is 11.6 Å². The molecule has 1 aromatic carbocycles. The molecule has 0 spiro atoms. The Morgan fingerprint density at radius 1 is 1.03 bits per heavy atom. The van der Waals surface area contributed by atoms with Crippen molar-refractivity contribution in [2.75, 3.05) is 57.4 Å². The number of benzene rings is 1. The summed E-state index contributed by atoms with van der Waals surface area (Å²) in [5.74, 6) is 1.82. The van der Waals surface area contributed by atoms with Crippen LogP contribution in [-0.2, 0) is 20.9 Å². The van der Waals surface area contributed by atoms with E-state index in [-0.39, 0.29) is 17.4 Å². The molecule has 2 aliphatic rings. The molecule has 9 nitrogen and oxygen atoms in total. The molecule has 1 N–H and O–H groups in total. The first kappa shape index (κ1) is 24.6. The van der Waals surface area contributed by atoms with E-state index in [1.54, 1.807) is 29.5 Å². The maximum Gasteiger partial charge on any atom is 0.223 e. The number of aromatic hydroxyl groups is 1. The molecule has 0 saturated carbocycles. The fraction of sp³-hybridized carbons (Fsp3) is 0.462. The number of Topliss-reactive ketones (excluding diaryl/α,β-unsaturated/α-hetero) is 1. The van der Waals surface area contributed by atoms with E-state index >= 15 is 0 Å². The number of thiophene rings is 1. The molecule has 36 heavy (non-hydrogen) atoms. The first-order chi connectivity index (χ1) is 17.5. The molecule has 2 aromatic heterocycles. The Labute approximate surface area is 214 Å². The van der Waals surface area contributed by atoms with Crippen molar-refractivity contribution >= 4 is 39.1 Å². The second kappa shape index (κ2) is 10.9. The molecule has 3 aromatic rings. The number of piperazine rings is 1. The lowest BCUT2D eigenvalue weighted by Crippen LogP contribution is -2.48. The van der Waals surface area contributed by atoms with Crippen molar-refractivity contribution in [3.63, 3.8) is 0 Å². The van der Waals surface area contributed by atoms with Gasteiger partial charge in [0.2, 0.25) is 5.91 Å². The molecule has 2 saturated heterocycles. The van der Waals surface area contributed by atoms with Gasteiger partial charge < -0.3 is 24.4 Å². The van der Waals surface area contributed by atoms with Crippen molar-refractivity contribution < 1.29 is 19.4 Å². The third-order valence-corrected chi connectivity index (χ3v) is 7.72. The van der Waals surface area contributed by atoms with E-state index in [0.717, 1.165) is 54.3 Å². The Morgan fingerprint density at radius 2 is 1.81 bits per heavy atom. The zero-order valence-electron chi connectivity index (χ0n) is 20.5. The maximum atomic E-state index is 12.4. The number of rotatable bonds is 7. The summed E-state index contributed by atoms with van der Waals surface area (Å²) in [5.41, 5.74) is 1.69. The van der Waals surface area contributed by atoms with Crippen LogP contribution >= 0.6 is 11.3 Å². The number of anilines is 1.